The number of hydrogen-bond acceptors (Lipinski definition) is 3. The Kier molecular flexibility index (Phi) is 5.54. The summed E-state index contributed by atoms with van der Waals surface area (Å²) < 4.78 is 13.9. The van der Waals surface area contributed by atoms with Gasteiger partial charge in [-0.3, -0.25) is 9.59 Å². The van der Waals surface area contributed by atoms with E-state index >= 15 is 0 Å². The molecule has 3 rings (SSSR count). The average molecular weight is 362 g/mol. The third-order valence-electron chi connectivity index (χ3n) is 5.38. The highest BCUT2D eigenvalue weighted by atomic mass is 19.1. The minimum Gasteiger partial charge on any atom is -0.479 e. The SMILES string of the molecule is O=C(NC(C(=O)O)c1ccccc1F)C1CCN(C(=O)C2CCC2)CC1. The largest absolute Gasteiger partial charge is 0.479 e. The maximum absolute atomic E-state index is 13.9. The monoisotopic (exact) mass is 362 g/mol. The van der Waals surface area contributed by atoms with Gasteiger partial charge in [0.25, 0.3) is 0 Å². The van der Waals surface area contributed by atoms with Gasteiger partial charge in [0, 0.05) is 30.5 Å². The summed E-state index contributed by atoms with van der Waals surface area (Å²) in [6.07, 6.45) is 3.98. The number of hydrogen-bond donors (Lipinski definition) is 2. The zero-order chi connectivity index (χ0) is 18.7. The van der Waals surface area contributed by atoms with Gasteiger partial charge in [-0.2, -0.15) is 0 Å². The maximum Gasteiger partial charge on any atom is 0.331 e. The van der Waals surface area contributed by atoms with Crippen LogP contribution in [0.25, 0.3) is 0 Å². The molecule has 2 fully saturated rings. The number of aliphatic carboxylic acids is 1. The van der Waals surface area contributed by atoms with Crippen LogP contribution in [0.1, 0.15) is 43.7 Å². The number of rotatable bonds is 5. The number of carboxylic acids is 1. The lowest BCUT2D eigenvalue weighted by Gasteiger charge is -2.36. The second kappa shape index (κ2) is 7.85. The molecule has 0 spiro atoms. The van der Waals surface area contributed by atoms with E-state index in [9.17, 15) is 23.9 Å². The van der Waals surface area contributed by atoms with Gasteiger partial charge in [-0.25, -0.2) is 9.18 Å². The summed E-state index contributed by atoms with van der Waals surface area (Å²) in [5, 5.41) is 11.8. The van der Waals surface area contributed by atoms with Crippen LogP contribution in [0.15, 0.2) is 24.3 Å². The van der Waals surface area contributed by atoms with Crippen molar-refractivity contribution >= 4 is 17.8 Å². The third kappa shape index (κ3) is 3.86. The summed E-state index contributed by atoms with van der Waals surface area (Å²) >= 11 is 0. The fourth-order valence-electron chi connectivity index (χ4n) is 3.52. The molecule has 1 saturated carbocycles. The molecule has 2 N–H and O–H groups in total. The molecule has 1 aromatic rings. The summed E-state index contributed by atoms with van der Waals surface area (Å²) in [5.41, 5.74) is -0.0639. The van der Waals surface area contributed by atoms with E-state index in [1.54, 1.807) is 4.90 Å². The second-order valence-corrected chi connectivity index (χ2v) is 7.03. The zero-order valence-electron chi connectivity index (χ0n) is 14.5. The van der Waals surface area contributed by atoms with Crippen LogP contribution in [0.2, 0.25) is 0 Å². The van der Waals surface area contributed by atoms with Gasteiger partial charge in [0.2, 0.25) is 11.8 Å². The van der Waals surface area contributed by atoms with E-state index in [-0.39, 0.29) is 23.3 Å². The highest BCUT2D eigenvalue weighted by Gasteiger charge is 2.34. The number of carbonyl (C=O) groups is 3. The van der Waals surface area contributed by atoms with E-state index in [1.807, 2.05) is 0 Å². The zero-order valence-corrected chi connectivity index (χ0v) is 14.5. The number of carbonyl (C=O) groups excluding carboxylic acids is 2. The van der Waals surface area contributed by atoms with Crippen molar-refractivity contribution in [2.45, 2.75) is 38.1 Å². The molecule has 1 atom stereocenters. The standard InChI is InChI=1S/C19H23FN2O4/c20-15-7-2-1-6-14(15)16(19(25)26)21-17(23)12-8-10-22(11-9-12)18(24)13-4-3-5-13/h1-2,6-7,12-13,16H,3-5,8-11H2,(H,21,23)(H,25,26). The molecule has 6 nitrogen and oxygen atoms in total. The summed E-state index contributed by atoms with van der Waals surface area (Å²) in [5.74, 6) is -2.43. The lowest BCUT2D eigenvalue weighted by molar-refractivity contribution is -0.144. The number of carboxylic acid groups (broad SMARTS) is 1. The lowest BCUT2D eigenvalue weighted by Crippen LogP contribution is -2.47. The molecular weight excluding hydrogens is 339 g/mol. The molecule has 1 unspecified atom stereocenters. The van der Waals surface area contributed by atoms with Crippen LogP contribution in [0.3, 0.4) is 0 Å². The first kappa shape index (κ1) is 18.4. The number of benzene rings is 1. The van der Waals surface area contributed by atoms with Crippen LogP contribution in [-0.2, 0) is 14.4 Å². The molecule has 0 aromatic heterocycles. The molecule has 1 aliphatic carbocycles. The van der Waals surface area contributed by atoms with Crippen LogP contribution in [0, 0.1) is 17.7 Å². The molecule has 0 bridgehead atoms. The Morgan fingerprint density at radius 2 is 1.73 bits per heavy atom. The van der Waals surface area contributed by atoms with Crippen molar-refractivity contribution in [1.82, 2.24) is 10.2 Å². The average Bonchev–Trinajstić information content (AvgIpc) is 2.58. The van der Waals surface area contributed by atoms with Gasteiger partial charge in [-0.05, 0) is 31.7 Å². The van der Waals surface area contributed by atoms with Crippen molar-refractivity contribution in [1.29, 1.82) is 0 Å². The number of nitrogens with zero attached hydrogens (tertiary/aromatic N) is 1. The number of nitrogens with one attached hydrogen (secondary N) is 1. The van der Waals surface area contributed by atoms with E-state index in [4.69, 9.17) is 0 Å². The Bertz CT molecular complexity index is 697. The molecule has 140 valence electrons. The molecule has 1 saturated heterocycles. The van der Waals surface area contributed by atoms with Crippen LogP contribution in [0.4, 0.5) is 4.39 Å². The van der Waals surface area contributed by atoms with Gasteiger partial charge < -0.3 is 15.3 Å². The number of piperidine rings is 1. The van der Waals surface area contributed by atoms with E-state index in [0.717, 1.165) is 19.3 Å². The molecule has 2 amide bonds. The van der Waals surface area contributed by atoms with Crippen molar-refractivity contribution in [3.8, 4) is 0 Å². The number of halogens is 1. The molecule has 1 aromatic carbocycles. The van der Waals surface area contributed by atoms with Crippen LogP contribution in [-0.4, -0.2) is 40.9 Å². The van der Waals surface area contributed by atoms with Gasteiger partial charge in [0.1, 0.15) is 5.82 Å². The van der Waals surface area contributed by atoms with Crippen molar-refractivity contribution in [3.05, 3.63) is 35.6 Å². The van der Waals surface area contributed by atoms with Gasteiger partial charge >= 0.3 is 5.97 Å². The normalized spacial score (nSPS) is 19.5. The van der Waals surface area contributed by atoms with E-state index in [1.165, 1.54) is 24.3 Å². The quantitative estimate of drug-likeness (QED) is 0.840. The molecule has 1 aliphatic heterocycles. The highest BCUT2D eigenvalue weighted by molar-refractivity contribution is 5.86. The van der Waals surface area contributed by atoms with Crippen molar-refractivity contribution in [2.24, 2.45) is 11.8 Å². The van der Waals surface area contributed by atoms with Gasteiger partial charge in [0.15, 0.2) is 6.04 Å². The fraction of sp³-hybridized carbons (Fsp3) is 0.526. The minimum atomic E-state index is -1.42. The first-order chi connectivity index (χ1) is 12.5. The fourth-order valence-corrected chi connectivity index (χ4v) is 3.52. The Morgan fingerprint density at radius 1 is 1.08 bits per heavy atom. The van der Waals surface area contributed by atoms with Crippen molar-refractivity contribution in [3.63, 3.8) is 0 Å². The number of likely N-dealkylation sites (tertiary alicyclic amines) is 1. The summed E-state index contributed by atoms with van der Waals surface area (Å²) in [6, 6.07) is 4.11. The molecule has 26 heavy (non-hydrogen) atoms. The summed E-state index contributed by atoms with van der Waals surface area (Å²) in [4.78, 5) is 38.0. The second-order valence-electron chi connectivity index (χ2n) is 7.03. The topological polar surface area (TPSA) is 86.7 Å². The first-order valence-corrected chi connectivity index (χ1v) is 9.03. The van der Waals surface area contributed by atoms with Gasteiger partial charge in [-0.1, -0.05) is 24.6 Å². The lowest BCUT2D eigenvalue weighted by atomic mass is 9.83. The predicted octanol–water partition coefficient (Wildman–Crippen LogP) is 2.11. The molecular formula is C19H23FN2O4. The maximum atomic E-state index is 13.9. The van der Waals surface area contributed by atoms with Crippen LogP contribution >= 0.6 is 0 Å². The highest BCUT2D eigenvalue weighted by Crippen LogP contribution is 2.30. The molecule has 0 radical (unpaired) electrons. The number of amides is 2. The Morgan fingerprint density at radius 3 is 2.27 bits per heavy atom. The minimum absolute atomic E-state index is 0.0639. The van der Waals surface area contributed by atoms with E-state index in [0.29, 0.717) is 25.9 Å². The van der Waals surface area contributed by atoms with Crippen LogP contribution in [0.5, 0.6) is 0 Å². The molecule has 7 heteroatoms. The van der Waals surface area contributed by atoms with Crippen molar-refractivity contribution in [2.75, 3.05) is 13.1 Å². The Balaban J connectivity index is 1.58. The van der Waals surface area contributed by atoms with Crippen LogP contribution < -0.4 is 5.32 Å². The molecule has 2 aliphatic rings. The van der Waals surface area contributed by atoms with Crippen molar-refractivity contribution < 1.29 is 23.9 Å². The summed E-state index contributed by atoms with van der Waals surface area (Å²) in [7, 11) is 0. The van der Waals surface area contributed by atoms with Gasteiger partial charge in [0.05, 0.1) is 0 Å². The summed E-state index contributed by atoms with van der Waals surface area (Å²) in [6.45, 7) is 1.01. The first-order valence-electron chi connectivity index (χ1n) is 9.03. The smallest absolute Gasteiger partial charge is 0.331 e. The van der Waals surface area contributed by atoms with Gasteiger partial charge in [-0.15, -0.1) is 0 Å². The van der Waals surface area contributed by atoms with E-state index < -0.39 is 23.7 Å². The Hall–Kier alpha value is -2.44. The Labute approximate surface area is 151 Å². The predicted molar refractivity (Wildman–Crippen MR) is 91.6 cm³/mol. The third-order valence-corrected chi connectivity index (χ3v) is 5.38. The molecule has 1 heterocycles. The van der Waals surface area contributed by atoms with E-state index in [2.05, 4.69) is 5.32 Å².